The van der Waals surface area contributed by atoms with Gasteiger partial charge in [-0.05, 0) is 42.5 Å². The highest BCUT2D eigenvalue weighted by Gasteiger charge is 2.58. The van der Waals surface area contributed by atoms with Gasteiger partial charge in [0, 0.05) is 18.8 Å². The van der Waals surface area contributed by atoms with Gasteiger partial charge in [-0.1, -0.05) is 42.5 Å². The van der Waals surface area contributed by atoms with Gasteiger partial charge in [0.1, 0.15) is 5.41 Å². The first kappa shape index (κ1) is 14.9. The van der Waals surface area contributed by atoms with Crippen LogP contribution in [-0.2, 0) is 22.6 Å². The number of hydrogen-bond acceptors (Lipinski definition) is 2. The molecule has 0 radical (unpaired) electrons. The van der Waals surface area contributed by atoms with Crippen LogP contribution in [0.1, 0.15) is 24.0 Å². The van der Waals surface area contributed by atoms with Crippen molar-refractivity contribution in [2.24, 2.45) is 5.41 Å². The van der Waals surface area contributed by atoms with Crippen LogP contribution in [0.3, 0.4) is 0 Å². The highest BCUT2D eigenvalue weighted by Crippen LogP contribution is 2.48. The van der Waals surface area contributed by atoms with Crippen molar-refractivity contribution < 1.29 is 9.59 Å². The Morgan fingerprint density at radius 1 is 0.917 bits per heavy atom. The summed E-state index contributed by atoms with van der Waals surface area (Å²) in [6.07, 6.45) is 2.14. The fourth-order valence-corrected chi connectivity index (χ4v) is 3.41. The molecule has 2 aliphatic rings. The summed E-state index contributed by atoms with van der Waals surface area (Å²) in [5.74, 6) is -0.192. The van der Waals surface area contributed by atoms with Gasteiger partial charge in [-0.2, -0.15) is 0 Å². The number of nitrogens with zero attached hydrogens (tertiary/aromatic N) is 1. The predicted octanol–water partition coefficient (Wildman–Crippen LogP) is 2.99. The SMILES string of the molecule is O=C(Nc1ccccc1)C1(C(=O)N2CCc3ccccc3C2)CC1. The summed E-state index contributed by atoms with van der Waals surface area (Å²) in [7, 11) is 0. The van der Waals surface area contributed by atoms with E-state index in [4.69, 9.17) is 0 Å². The molecule has 4 rings (SSSR count). The Kier molecular flexibility index (Phi) is 3.60. The first-order chi connectivity index (χ1) is 11.7. The van der Waals surface area contributed by atoms with Crippen LogP contribution in [-0.4, -0.2) is 23.3 Å². The molecule has 1 fully saturated rings. The van der Waals surface area contributed by atoms with Crippen LogP contribution < -0.4 is 5.32 Å². The summed E-state index contributed by atoms with van der Waals surface area (Å²) in [6, 6.07) is 17.6. The van der Waals surface area contributed by atoms with Crippen molar-refractivity contribution in [3.8, 4) is 0 Å². The van der Waals surface area contributed by atoms with Gasteiger partial charge in [-0.3, -0.25) is 9.59 Å². The van der Waals surface area contributed by atoms with E-state index in [1.54, 1.807) is 0 Å². The Hall–Kier alpha value is -2.62. The summed E-state index contributed by atoms with van der Waals surface area (Å²) in [5, 5.41) is 2.90. The first-order valence-electron chi connectivity index (χ1n) is 8.42. The molecular formula is C20H20N2O2. The highest BCUT2D eigenvalue weighted by atomic mass is 16.2. The van der Waals surface area contributed by atoms with Crippen molar-refractivity contribution in [1.29, 1.82) is 0 Å². The van der Waals surface area contributed by atoms with E-state index in [1.165, 1.54) is 11.1 Å². The average Bonchev–Trinajstić information content (AvgIpc) is 3.43. The molecule has 0 bridgehead atoms. The number of carbonyl (C=O) groups is 2. The summed E-state index contributed by atoms with van der Waals surface area (Å²) < 4.78 is 0. The molecule has 0 atom stereocenters. The molecule has 24 heavy (non-hydrogen) atoms. The molecule has 1 aliphatic carbocycles. The molecule has 0 aromatic heterocycles. The second-order valence-corrected chi connectivity index (χ2v) is 6.65. The Balaban J connectivity index is 1.49. The minimum Gasteiger partial charge on any atom is -0.337 e. The lowest BCUT2D eigenvalue weighted by atomic mass is 9.97. The van der Waals surface area contributed by atoms with Gasteiger partial charge < -0.3 is 10.2 Å². The number of fused-ring (bicyclic) bond motifs is 1. The van der Waals surface area contributed by atoms with Crippen LogP contribution >= 0.6 is 0 Å². The molecule has 0 saturated heterocycles. The molecule has 1 saturated carbocycles. The van der Waals surface area contributed by atoms with Crippen LogP contribution in [0.4, 0.5) is 5.69 Å². The van der Waals surface area contributed by atoms with Crippen LogP contribution in [0.25, 0.3) is 0 Å². The third-order valence-corrected chi connectivity index (χ3v) is 5.04. The Morgan fingerprint density at radius 3 is 2.29 bits per heavy atom. The normalized spacial score (nSPS) is 17.8. The maximum Gasteiger partial charge on any atom is 0.240 e. The molecule has 1 heterocycles. The predicted molar refractivity (Wildman–Crippen MR) is 92.3 cm³/mol. The van der Waals surface area contributed by atoms with Gasteiger partial charge >= 0.3 is 0 Å². The zero-order valence-electron chi connectivity index (χ0n) is 13.5. The number of benzene rings is 2. The van der Waals surface area contributed by atoms with Crippen molar-refractivity contribution in [2.75, 3.05) is 11.9 Å². The molecule has 122 valence electrons. The van der Waals surface area contributed by atoms with Gasteiger partial charge in [0.25, 0.3) is 0 Å². The number of amides is 2. The lowest BCUT2D eigenvalue weighted by molar-refractivity contribution is -0.143. The van der Waals surface area contributed by atoms with Crippen LogP contribution in [0, 0.1) is 5.41 Å². The third kappa shape index (κ3) is 2.58. The Morgan fingerprint density at radius 2 is 1.58 bits per heavy atom. The van der Waals surface area contributed by atoms with E-state index < -0.39 is 5.41 Å². The lowest BCUT2D eigenvalue weighted by Crippen LogP contribution is -2.45. The van der Waals surface area contributed by atoms with Gasteiger partial charge in [0.15, 0.2) is 0 Å². The first-order valence-corrected chi connectivity index (χ1v) is 8.42. The molecule has 4 heteroatoms. The van der Waals surface area contributed by atoms with Crippen LogP contribution in [0.2, 0.25) is 0 Å². The Labute approximate surface area is 141 Å². The minimum absolute atomic E-state index is 0.0227. The smallest absolute Gasteiger partial charge is 0.240 e. The van der Waals surface area contributed by atoms with Crippen molar-refractivity contribution in [2.45, 2.75) is 25.8 Å². The maximum absolute atomic E-state index is 13.0. The number of para-hydroxylation sites is 1. The van der Waals surface area contributed by atoms with Gasteiger partial charge in [0.05, 0.1) is 0 Å². The number of nitrogens with one attached hydrogen (secondary N) is 1. The minimum atomic E-state index is -0.859. The maximum atomic E-state index is 13.0. The molecular weight excluding hydrogens is 300 g/mol. The second kappa shape index (κ2) is 5.78. The number of rotatable bonds is 3. The van der Waals surface area contributed by atoms with E-state index in [-0.39, 0.29) is 11.8 Å². The molecule has 2 aromatic carbocycles. The molecule has 2 amide bonds. The standard InChI is InChI=1S/C20H20N2O2/c23-18(21-17-8-2-1-3-9-17)20(11-12-20)19(24)22-13-10-15-6-4-5-7-16(15)14-22/h1-9H,10-14H2,(H,21,23). The largest absolute Gasteiger partial charge is 0.337 e. The van der Waals surface area contributed by atoms with Crippen molar-refractivity contribution >= 4 is 17.5 Å². The zero-order valence-corrected chi connectivity index (χ0v) is 13.5. The average molecular weight is 320 g/mol. The molecule has 4 nitrogen and oxygen atoms in total. The fraction of sp³-hybridized carbons (Fsp3) is 0.300. The van der Waals surface area contributed by atoms with E-state index in [0.717, 1.165) is 12.1 Å². The highest BCUT2D eigenvalue weighted by molar-refractivity contribution is 6.13. The zero-order chi connectivity index (χ0) is 16.6. The molecule has 0 spiro atoms. The van der Waals surface area contributed by atoms with E-state index in [0.29, 0.717) is 25.9 Å². The van der Waals surface area contributed by atoms with E-state index in [2.05, 4.69) is 17.4 Å². The van der Waals surface area contributed by atoms with Crippen LogP contribution in [0.5, 0.6) is 0 Å². The molecule has 1 N–H and O–H groups in total. The van der Waals surface area contributed by atoms with E-state index in [1.807, 2.05) is 47.4 Å². The quantitative estimate of drug-likeness (QED) is 0.884. The number of carbonyl (C=O) groups excluding carboxylic acids is 2. The number of anilines is 1. The Bertz CT molecular complexity index is 781. The van der Waals surface area contributed by atoms with E-state index in [9.17, 15) is 9.59 Å². The summed E-state index contributed by atoms with van der Waals surface area (Å²) in [6.45, 7) is 1.30. The number of hydrogen-bond donors (Lipinski definition) is 1. The summed E-state index contributed by atoms with van der Waals surface area (Å²) in [5.41, 5.74) is 2.38. The molecule has 1 aliphatic heterocycles. The van der Waals surface area contributed by atoms with Crippen molar-refractivity contribution in [3.05, 3.63) is 65.7 Å². The molecule has 0 unspecified atom stereocenters. The van der Waals surface area contributed by atoms with Crippen molar-refractivity contribution in [1.82, 2.24) is 4.90 Å². The second-order valence-electron chi connectivity index (χ2n) is 6.65. The summed E-state index contributed by atoms with van der Waals surface area (Å²) in [4.78, 5) is 27.5. The fourth-order valence-electron chi connectivity index (χ4n) is 3.41. The van der Waals surface area contributed by atoms with Gasteiger partial charge in [-0.15, -0.1) is 0 Å². The topological polar surface area (TPSA) is 49.4 Å². The monoisotopic (exact) mass is 320 g/mol. The van der Waals surface area contributed by atoms with Crippen LogP contribution in [0.15, 0.2) is 54.6 Å². The summed E-state index contributed by atoms with van der Waals surface area (Å²) >= 11 is 0. The van der Waals surface area contributed by atoms with E-state index >= 15 is 0 Å². The van der Waals surface area contributed by atoms with Gasteiger partial charge in [-0.25, -0.2) is 0 Å². The lowest BCUT2D eigenvalue weighted by Gasteiger charge is -2.31. The molecule has 2 aromatic rings. The third-order valence-electron chi connectivity index (χ3n) is 5.04. The van der Waals surface area contributed by atoms with Gasteiger partial charge in [0.2, 0.25) is 11.8 Å². The van der Waals surface area contributed by atoms with Crippen molar-refractivity contribution in [3.63, 3.8) is 0 Å².